The predicted octanol–water partition coefficient (Wildman–Crippen LogP) is 2.07. The van der Waals surface area contributed by atoms with Gasteiger partial charge in [0.1, 0.15) is 4.21 Å². The molecule has 30 heavy (non-hydrogen) atoms. The molecule has 2 aromatic rings. The zero-order chi connectivity index (χ0) is 21.1. The van der Waals surface area contributed by atoms with E-state index in [2.05, 4.69) is 5.32 Å². The zero-order valence-electron chi connectivity index (χ0n) is 16.6. The standard InChI is InChI=1S/C21H25N3O4S2/c25-19-13-17(15-23(19)14-16-5-2-1-3-6-16)21(26)22-18-8-10-24(11-9-18)30(27,28)20-7-4-12-29-20/h1-7,12,17-18H,8-11,13-15H2,(H,22,26). The maximum absolute atomic E-state index is 12.7. The minimum Gasteiger partial charge on any atom is -0.353 e. The quantitative estimate of drug-likeness (QED) is 0.734. The molecule has 0 bridgehead atoms. The van der Waals surface area contributed by atoms with Gasteiger partial charge in [-0.3, -0.25) is 9.59 Å². The molecule has 0 radical (unpaired) electrons. The molecule has 2 aliphatic rings. The van der Waals surface area contributed by atoms with Crippen LogP contribution in [0, 0.1) is 5.92 Å². The molecule has 9 heteroatoms. The Morgan fingerprint density at radius 1 is 1.10 bits per heavy atom. The van der Waals surface area contributed by atoms with Crippen molar-refractivity contribution in [3.8, 4) is 0 Å². The van der Waals surface area contributed by atoms with Gasteiger partial charge in [-0.25, -0.2) is 8.42 Å². The van der Waals surface area contributed by atoms with E-state index in [0.29, 0.717) is 43.2 Å². The molecule has 0 spiro atoms. The number of benzene rings is 1. The normalized spacial score (nSPS) is 21.1. The van der Waals surface area contributed by atoms with E-state index in [1.165, 1.54) is 15.6 Å². The van der Waals surface area contributed by atoms with Gasteiger partial charge in [0, 0.05) is 38.6 Å². The summed E-state index contributed by atoms with van der Waals surface area (Å²) < 4.78 is 27.1. The van der Waals surface area contributed by atoms with Crippen LogP contribution >= 0.6 is 11.3 Å². The maximum Gasteiger partial charge on any atom is 0.252 e. The summed E-state index contributed by atoms with van der Waals surface area (Å²) in [5, 5.41) is 4.79. The lowest BCUT2D eigenvalue weighted by molar-refractivity contribution is -0.129. The van der Waals surface area contributed by atoms with Crippen LogP contribution < -0.4 is 5.32 Å². The van der Waals surface area contributed by atoms with Crippen LogP contribution in [0.5, 0.6) is 0 Å². The molecule has 160 valence electrons. The van der Waals surface area contributed by atoms with E-state index in [9.17, 15) is 18.0 Å². The van der Waals surface area contributed by atoms with Crippen LogP contribution in [-0.4, -0.2) is 55.1 Å². The van der Waals surface area contributed by atoms with Crippen molar-refractivity contribution in [2.45, 2.75) is 36.1 Å². The minimum absolute atomic E-state index is 0.00383. The molecule has 0 aliphatic carbocycles. The highest BCUT2D eigenvalue weighted by atomic mass is 32.2. The molecular formula is C21H25N3O4S2. The molecule has 1 atom stereocenters. The van der Waals surface area contributed by atoms with Crippen molar-refractivity contribution in [3.63, 3.8) is 0 Å². The van der Waals surface area contributed by atoms with Crippen molar-refractivity contribution >= 4 is 33.2 Å². The number of hydrogen-bond acceptors (Lipinski definition) is 5. The Morgan fingerprint density at radius 2 is 1.83 bits per heavy atom. The number of rotatable bonds is 6. The third-order valence-electron chi connectivity index (χ3n) is 5.69. The fourth-order valence-electron chi connectivity index (χ4n) is 4.00. The van der Waals surface area contributed by atoms with Crippen LogP contribution in [0.2, 0.25) is 0 Å². The van der Waals surface area contributed by atoms with Gasteiger partial charge in [0.25, 0.3) is 10.0 Å². The lowest BCUT2D eigenvalue weighted by atomic mass is 10.0. The second-order valence-electron chi connectivity index (χ2n) is 7.78. The van der Waals surface area contributed by atoms with Gasteiger partial charge in [-0.1, -0.05) is 36.4 Å². The Kier molecular flexibility index (Phi) is 6.21. The molecule has 3 heterocycles. The van der Waals surface area contributed by atoms with Gasteiger partial charge < -0.3 is 10.2 Å². The Morgan fingerprint density at radius 3 is 2.50 bits per heavy atom. The van der Waals surface area contributed by atoms with E-state index in [1.807, 2.05) is 30.3 Å². The van der Waals surface area contributed by atoms with Crippen molar-refractivity contribution in [1.29, 1.82) is 0 Å². The summed E-state index contributed by atoms with van der Waals surface area (Å²) in [7, 11) is -3.44. The molecule has 2 aliphatic heterocycles. The van der Waals surface area contributed by atoms with Crippen molar-refractivity contribution in [2.75, 3.05) is 19.6 Å². The van der Waals surface area contributed by atoms with E-state index in [1.54, 1.807) is 22.4 Å². The highest BCUT2D eigenvalue weighted by Gasteiger charge is 2.36. The number of likely N-dealkylation sites (tertiary alicyclic amines) is 1. The largest absolute Gasteiger partial charge is 0.353 e. The number of piperidine rings is 1. The first-order chi connectivity index (χ1) is 14.4. The second kappa shape index (κ2) is 8.87. The number of sulfonamides is 1. The molecule has 2 fully saturated rings. The van der Waals surface area contributed by atoms with Gasteiger partial charge >= 0.3 is 0 Å². The summed E-state index contributed by atoms with van der Waals surface area (Å²) in [5.74, 6) is -0.469. The van der Waals surface area contributed by atoms with Crippen molar-refractivity contribution < 1.29 is 18.0 Å². The predicted molar refractivity (Wildman–Crippen MR) is 114 cm³/mol. The number of amides is 2. The SMILES string of the molecule is O=C(NC1CCN(S(=O)(=O)c2cccs2)CC1)C1CC(=O)N(Cc2ccccc2)C1. The fourth-order valence-corrected chi connectivity index (χ4v) is 6.62. The van der Waals surface area contributed by atoms with E-state index < -0.39 is 10.0 Å². The van der Waals surface area contributed by atoms with Crippen molar-refractivity contribution in [2.24, 2.45) is 5.92 Å². The van der Waals surface area contributed by atoms with Gasteiger partial charge in [0.05, 0.1) is 5.92 Å². The highest BCUT2D eigenvalue weighted by molar-refractivity contribution is 7.91. The van der Waals surface area contributed by atoms with Crippen LogP contribution in [0.25, 0.3) is 0 Å². The number of nitrogens with zero attached hydrogens (tertiary/aromatic N) is 2. The van der Waals surface area contributed by atoms with E-state index in [-0.39, 0.29) is 30.2 Å². The Hall–Kier alpha value is -2.23. The van der Waals surface area contributed by atoms with E-state index >= 15 is 0 Å². The highest BCUT2D eigenvalue weighted by Crippen LogP contribution is 2.25. The van der Waals surface area contributed by atoms with Crippen LogP contribution in [0.4, 0.5) is 0 Å². The van der Waals surface area contributed by atoms with Crippen molar-refractivity contribution in [1.82, 2.24) is 14.5 Å². The number of carbonyl (C=O) groups excluding carboxylic acids is 2. The smallest absolute Gasteiger partial charge is 0.252 e. The van der Waals surface area contributed by atoms with E-state index in [0.717, 1.165) is 5.56 Å². The molecule has 1 N–H and O–H groups in total. The summed E-state index contributed by atoms with van der Waals surface area (Å²) in [6.07, 6.45) is 1.37. The monoisotopic (exact) mass is 447 g/mol. The first-order valence-corrected chi connectivity index (χ1v) is 12.4. The lowest BCUT2D eigenvalue weighted by Gasteiger charge is -2.31. The third kappa shape index (κ3) is 4.58. The Labute approximate surface area is 180 Å². The Balaban J connectivity index is 1.27. The molecule has 1 aromatic carbocycles. The number of thiophene rings is 1. The molecule has 1 unspecified atom stereocenters. The minimum atomic E-state index is -3.44. The summed E-state index contributed by atoms with van der Waals surface area (Å²) in [6.45, 7) is 1.71. The Bertz CT molecular complexity index is 985. The number of nitrogens with one attached hydrogen (secondary N) is 1. The molecule has 7 nitrogen and oxygen atoms in total. The second-order valence-corrected chi connectivity index (χ2v) is 10.9. The summed E-state index contributed by atoms with van der Waals surface area (Å²) in [6, 6.07) is 13.0. The van der Waals surface area contributed by atoms with Crippen LogP contribution in [0.3, 0.4) is 0 Å². The summed E-state index contributed by atoms with van der Waals surface area (Å²) in [4.78, 5) is 26.8. The molecular weight excluding hydrogens is 422 g/mol. The van der Waals surface area contributed by atoms with Gasteiger partial charge in [-0.05, 0) is 29.9 Å². The number of hydrogen-bond donors (Lipinski definition) is 1. The molecule has 2 amide bonds. The average Bonchev–Trinajstić information content (AvgIpc) is 3.40. The lowest BCUT2D eigenvalue weighted by Crippen LogP contribution is -2.48. The van der Waals surface area contributed by atoms with Crippen molar-refractivity contribution in [3.05, 3.63) is 53.4 Å². The molecule has 1 aromatic heterocycles. The van der Waals surface area contributed by atoms with Gasteiger partial charge in [-0.15, -0.1) is 11.3 Å². The van der Waals surface area contributed by atoms with Crippen LogP contribution in [-0.2, 0) is 26.2 Å². The van der Waals surface area contributed by atoms with Gasteiger partial charge in [-0.2, -0.15) is 4.31 Å². The summed E-state index contributed by atoms with van der Waals surface area (Å²) in [5.41, 5.74) is 1.05. The van der Waals surface area contributed by atoms with Gasteiger partial charge in [0.2, 0.25) is 11.8 Å². The zero-order valence-corrected chi connectivity index (χ0v) is 18.2. The van der Waals surface area contributed by atoms with E-state index in [4.69, 9.17) is 0 Å². The topological polar surface area (TPSA) is 86.8 Å². The first kappa shape index (κ1) is 21.0. The molecule has 0 saturated carbocycles. The number of carbonyl (C=O) groups is 2. The maximum atomic E-state index is 12.7. The molecule has 4 rings (SSSR count). The first-order valence-electron chi connectivity index (χ1n) is 10.1. The summed E-state index contributed by atoms with van der Waals surface area (Å²) >= 11 is 1.22. The average molecular weight is 448 g/mol. The third-order valence-corrected chi connectivity index (χ3v) is 8.96. The van der Waals surface area contributed by atoms with Crippen LogP contribution in [0.15, 0.2) is 52.1 Å². The fraction of sp³-hybridized carbons (Fsp3) is 0.429. The van der Waals surface area contributed by atoms with Crippen LogP contribution in [0.1, 0.15) is 24.8 Å². The van der Waals surface area contributed by atoms with Gasteiger partial charge in [0.15, 0.2) is 0 Å². The molecule has 2 saturated heterocycles.